The first-order valence-corrected chi connectivity index (χ1v) is 12.7. The molecule has 3 aromatic carbocycles. The smallest absolute Gasteiger partial charge is 0.170 e. The Bertz CT molecular complexity index is 994. The molecule has 0 fully saturated rings. The van der Waals surface area contributed by atoms with Gasteiger partial charge in [0.05, 0.1) is 6.61 Å². The number of amidine groups is 1. The number of unbranched alkanes of at least 4 members (excludes halogenated alkanes) is 2. The average Bonchev–Trinajstić information content (AvgIpc) is 2.94. The van der Waals surface area contributed by atoms with E-state index in [0.29, 0.717) is 37.7 Å². The summed E-state index contributed by atoms with van der Waals surface area (Å²) in [5, 5.41) is 11.8. The number of nitrogens with zero attached hydrogens (tertiary/aromatic N) is 1. The Labute approximate surface area is 214 Å². The van der Waals surface area contributed by atoms with E-state index in [1.54, 1.807) is 24.3 Å². The van der Waals surface area contributed by atoms with Crippen molar-refractivity contribution in [1.29, 1.82) is 0 Å². The van der Waals surface area contributed by atoms with Crippen LogP contribution in [0.25, 0.3) is 0 Å². The molecule has 192 valence electrons. The van der Waals surface area contributed by atoms with Gasteiger partial charge in [-0.1, -0.05) is 65.8 Å². The summed E-state index contributed by atoms with van der Waals surface area (Å²) in [6, 6.07) is 28.2. The summed E-state index contributed by atoms with van der Waals surface area (Å²) in [6.07, 6.45) is 6.13. The summed E-state index contributed by atoms with van der Waals surface area (Å²) >= 11 is 0. The molecule has 0 aliphatic carbocycles. The standard InChI is InChI=1S/C30H38N2O4/c31-30(32-33)27-17-19-28(20-18-27)36-24-29(35-22-10-8-16-26-13-5-2-6-14-26)23-34-21-9-7-15-25-11-3-1-4-12-25/h1-6,11-14,17-20,29,33H,7-10,15-16,21-24H2,(H2,31,32). The minimum Gasteiger partial charge on any atom is -0.491 e. The molecule has 1 atom stereocenters. The molecule has 0 amide bonds. The Balaban J connectivity index is 1.39. The van der Waals surface area contributed by atoms with E-state index >= 15 is 0 Å². The van der Waals surface area contributed by atoms with Gasteiger partial charge in [0.15, 0.2) is 5.84 Å². The molecule has 0 bridgehead atoms. The lowest BCUT2D eigenvalue weighted by molar-refractivity contribution is -0.0387. The van der Waals surface area contributed by atoms with Crippen LogP contribution in [0.1, 0.15) is 42.4 Å². The summed E-state index contributed by atoms with van der Waals surface area (Å²) < 4.78 is 18.0. The van der Waals surface area contributed by atoms with Crippen LogP contribution in [0.2, 0.25) is 0 Å². The van der Waals surface area contributed by atoms with Crippen molar-refractivity contribution in [3.8, 4) is 5.75 Å². The Morgan fingerprint density at radius 2 is 1.31 bits per heavy atom. The van der Waals surface area contributed by atoms with Crippen molar-refractivity contribution in [3.05, 3.63) is 102 Å². The predicted molar refractivity (Wildman–Crippen MR) is 144 cm³/mol. The topological polar surface area (TPSA) is 86.3 Å². The van der Waals surface area contributed by atoms with Gasteiger partial charge in [0, 0.05) is 18.8 Å². The highest BCUT2D eigenvalue weighted by atomic mass is 16.6. The molecule has 0 heterocycles. The van der Waals surface area contributed by atoms with Crippen LogP contribution in [0.4, 0.5) is 0 Å². The quantitative estimate of drug-likeness (QED) is 0.0845. The van der Waals surface area contributed by atoms with Crippen molar-refractivity contribution in [1.82, 2.24) is 0 Å². The van der Waals surface area contributed by atoms with Crippen molar-refractivity contribution in [3.63, 3.8) is 0 Å². The monoisotopic (exact) mass is 490 g/mol. The summed E-state index contributed by atoms with van der Waals surface area (Å²) in [4.78, 5) is 0. The fraction of sp³-hybridized carbons (Fsp3) is 0.367. The van der Waals surface area contributed by atoms with Crippen LogP contribution in [-0.4, -0.2) is 43.6 Å². The second-order valence-electron chi connectivity index (χ2n) is 8.77. The van der Waals surface area contributed by atoms with Crippen molar-refractivity contribution in [2.24, 2.45) is 10.9 Å². The Kier molecular flexibility index (Phi) is 12.4. The summed E-state index contributed by atoms with van der Waals surface area (Å²) in [6.45, 7) is 2.26. The second-order valence-corrected chi connectivity index (χ2v) is 8.77. The van der Waals surface area contributed by atoms with E-state index in [1.165, 1.54) is 11.1 Å². The van der Waals surface area contributed by atoms with Crippen molar-refractivity contribution < 1.29 is 19.4 Å². The molecule has 3 rings (SSSR count). The highest BCUT2D eigenvalue weighted by molar-refractivity contribution is 5.97. The van der Waals surface area contributed by atoms with Crippen LogP contribution in [-0.2, 0) is 22.3 Å². The lowest BCUT2D eigenvalue weighted by atomic mass is 10.1. The Hall–Kier alpha value is -3.35. The van der Waals surface area contributed by atoms with Gasteiger partial charge in [-0.3, -0.25) is 0 Å². The fourth-order valence-electron chi connectivity index (χ4n) is 3.83. The van der Waals surface area contributed by atoms with Crippen LogP contribution < -0.4 is 10.5 Å². The number of oxime groups is 1. The molecule has 0 saturated heterocycles. The number of nitrogens with two attached hydrogens (primary N) is 1. The fourth-order valence-corrected chi connectivity index (χ4v) is 3.83. The Morgan fingerprint density at radius 1 is 0.722 bits per heavy atom. The Morgan fingerprint density at radius 3 is 1.89 bits per heavy atom. The van der Waals surface area contributed by atoms with Crippen LogP contribution in [0.3, 0.4) is 0 Å². The molecule has 0 spiro atoms. The first kappa shape index (κ1) is 27.2. The van der Waals surface area contributed by atoms with Gasteiger partial charge in [-0.15, -0.1) is 0 Å². The van der Waals surface area contributed by atoms with E-state index in [2.05, 4.69) is 53.7 Å². The molecular formula is C30H38N2O4. The maximum atomic E-state index is 8.81. The SMILES string of the molecule is N/C(=N\O)c1ccc(OCC(COCCCCc2ccccc2)OCCCCc2ccccc2)cc1. The molecule has 3 N–H and O–H groups in total. The lowest BCUT2D eigenvalue weighted by Crippen LogP contribution is -2.28. The highest BCUT2D eigenvalue weighted by Crippen LogP contribution is 2.14. The molecular weight excluding hydrogens is 452 g/mol. The largest absolute Gasteiger partial charge is 0.491 e. The van der Waals surface area contributed by atoms with Gasteiger partial charge in [-0.25, -0.2) is 0 Å². The maximum Gasteiger partial charge on any atom is 0.170 e. The van der Waals surface area contributed by atoms with Gasteiger partial charge in [0.2, 0.25) is 0 Å². The van der Waals surface area contributed by atoms with Crippen LogP contribution in [0, 0.1) is 0 Å². The zero-order valence-electron chi connectivity index (χ0n) is 20.9. The van der Waals surface area contributed by atoms with E-state index in [4.69, 9.17) is 25.2 Å². The lowest BCUT2D eigenvalue weighted by Gasteiger charge is -2.19. The molecule has 6 heteroatoms. The predicted octanol–water partition coefficient (Wildman–Crippen LogP) is 5.61. The van der Waals surface area contributed by atoms with Gasteiger partial charge in [-0.05, 0) is 73.9 Å². The van der Waals surface area contributed by atoms with E-state index in [-0.39, 0.29) is 11.9 Å². The summed E-state index contributed by atoms with van der Waals surface area (Å²) in [5.74, 6) is 0.768. The van der Waals surface area contributed by atoms with Gasteiger partial charge in [0.25, 0.3) is 0 Å². The van der Waals surface area contributed by atoms with Gasteiger partial charge >= 0.3 is 0 Å². The van der Waals surface area contributed by atoms with Crippen LogP contribution in [0.5, 0.6) is 5.75 Å². The van der Waals surface area contributed by atoms with Crippen molar-refractivity contribution in [2.45, 2.75) is 44.6 Å². The first-order chi connectivity index (χ1) is 17.7. The molecule has 36 heavy (non-hydrogen) atoms. The molecule has 0 aromatic heterocycles. The van der Waals surface area contributed by atoms with Crippen molar-refractivity contribution in [2.75, 3.05) is 26.4 Å². The van der Waals surface area contributed by atoms with Gasteiger partial charge < -0.3 is 25.2 Å². The minimum absolute atomic E-state index is 0.0685. The number of aryl methyl sites for hydroxylation is 2. The molecule has 0 aliphatic rings. The van der Waals surface area contributed by atoms with Gasteiger partial charge in [0.1, 0.15) is 18.5 Å². The third-order valence-electron chi connectivity index (χ3n) is 5.90. The zero-order valence-corrected chi connectivity index (χ0v) is 20.9. The molecule has 0 saturated carbocycles. The van der Waals surface area contributed by atoms with Crippen molar-refractivity contribution >= 4 is 5.84 Å². The van der Waals surface area contributed by atoms with E-state index in [1.807, 2.05) is 12.1 Å². The second kappa shape index (κ2) is 16.3. The molecule has 3 aromatic rings. The molecule has 0 aliphatic heterocycles. The highest BCUT2D eigenvalue weighted by Gasteiger charge is 2.12. The molecule has 0 radical (unpaired) electrons. The summed E-state index contributed by atoms with van der Waals surface area (Å²) in [5.41, 5.74) is 8.98. The van der Waals surface area contributed by atoms with Gasteiger partial charge in [-0.2, -0.15) is 0 Å². The van der Waals surface area contributed by atoms with E-state index in [0.717, 1.165) is 38.5 Å². The average molecular weight is 491 g/mol. The maximum absolute atomic E-state index is 8.81. The number of hydrogen-bond acceptors (Lipinski definition) is 5. The minimum atomic E-state index is -0.153. The van der Waals surface area contributed by atoms with E-state index in [9.17, 15) is 0 Å². The first-order valence-electron chi connectivity index (χ1n) is 12.7. The number of hydrogen-bond donors (Lipinski definition) is 2. The third-order valence-corrected chi connectivity index (χ3v) is 5.90. The number of rotatable bonds is 17. The zero-order chi connectivity index (χ0) is 25.3. The normalized spacial score (nSPS) is 12.4. The molecule has 1 unspecified atom stereocenters. The molecule has 6 nitrogen and oxygen atoms in total. The van der Waals surface area contributed by atoms with E-state index < -0.39 is 0 Å². The number of benzene rings is 3. The summed E-state index contributed by atoms with van der Waals surface area (Å²) in [7, 11) is 0. The number of ether oxygens (including phenoxy) is 3. The van der Waals surface area contributed by atoms with Crippen LogP contribution in [0.15, 0.2) is 90.1 Å². The third kappa shape index (κ3) is 10.5. The van der Waals surface area contributed by atoms with Crippen LogP contribution >= 0.6 is 0 Å².